The average Bonchev–Trinajstić information content (AvgIpc) is 2.23. The Hall–Kier alpha value is -1.76. The Bertz CT molecular complexity index is 373. The smallest absolute Gasteiger partial charge is 0.0475 e. The first-order valence-corrected chi connectivity index (χ1v) is 4.70. The lowest BCUT2D eigenvalue weighted by Gasteiger charge is -2.22. The fraction of sp³-hybridized carbons (Fsp3) is 0.0769. The van der Waals surface area contributed by atoms with Gasteiger partial charge in [0.15, 0.2) is 0 Å². The highest BCUT2D eigenvalue weighted by Gasteiger charge is 2.04. The number of allylic oxidation sites excluding steroid dienone is 3. The highest BCUT2D eigenvalue weighted by atomic mass is 15.1. The minimum Gasteiger partial charge on any atom is -0.344 e. The third-order valence-corrected chi connectivity index (χ3v) is 2.23. The highest BCUT2D eigenvalue weighted by Crippen LogP contribution is 2.14. The van der Waals surface area contributed by atoms with Crippen LogP contribution in [-0.4, -0.2) is 4.90 Å². The fourth-order valence-corrected chi connectivity index (χ4v) is 1.45. The van der Waals surface area contributed by atoms with Gasteiger partial charge in [-0.1, -0.05) is 43.0 Å². The standard InChI is InChI=1S/C13H13N/c1-12-7-5-6-10-14(12)11-13-8-3-2-4-9-13/h2-10H,1,11H2. The molecule has 0 aliphatic carbocycles. The largest absolute Gasteiger partial charge is 0.344 e. The molecule has 70 valence electrons. The molecule has 0 N–H and O–H groups in total. The van der Waals surface area contributed by atoms with E-state index < -0.39 is 0 Å². The molecule has 1 aromatic carbocycles. The first kappa shape index (κ1) is 8.82. The molecule has 0 aromatic heterocycles. The van der Waals surface area contributed by atoms with Crippen molar-refractivity contribution in [3.8, 4) is 0 Å². The van der Waals surface area contributed by atoms with Crippen molar-refractivity contribution in [3.63, 3.8) is 0 Å². The van der Waals surface area contributed by atoms with E-state index in [0.29, 0.717) is 0 Å². The SMILES string of the molecule is C=C1C=CC=CN1Cc1ccccc1. The lowest BCUT2D eigenvalue weighted by Crippen LogP contribution is -2.15. The zero-order valence-corrected chi connectivity index (χ0v) is 8.06. The lowest BCUT2D eigenvalue weighted by molar-refractivity contribution is 0.472. The van der Waals surface area contributed by atoms with Crippen LogP contribution in [0.5, 0.6) is 0 Å². The van der Waals surface area contributed by atoms with Gasteiger partial charge >= 0.3 is 0 Å². The summed E-state index contributed by atoms with van der Waals surface area (Å²) in [6.45, 7) is 4.87. The van der Waals surface area contributed by atoms with Gasteiger partial charge in [-0.2, -0.15) is 0 Å². The van der Waals surface area contributed by atoms with E-state index in [1.54, 1.807) is 0 Å². The lowest BCUT2D eigenvalue weighted by atomic mass is 10.2. The quantitative estimate of drug-likeness (QED) is 0.681. The Labute approximate surface area is 84.7 Å². The van der Waals surface area contributed by atoms with Crippen molar-refractivity contribution >= 4 is 0 Å². The Morgan fingerprint density at radius 2 is 1.86 bits per heavy atom. The minimum atomic E-state index is 0.889. The maximum absolute atomic E-state index is 3.98. The van der Waals surface area contributed by atoms with Crippen molar-refractivity contribution in [1.29, 1.82) is 0 Å². The molecule has 0 unspecified atom stereocenters. The maximum Gasteiger partial charge on any atom is 0.0475 e. The summed E-state index contributed by atoms with van der Waals surface area (Å²) < 4.78 is 0. The van der Waals surface area contributed by atoms with Crippen molar-refractivity contribution in [2.24, 2.45) is 0 Å². The highest BCUT2D eigenvalue weighted by molar-refractivity contribution is 5.27. The van der Waals surface area contributed by atoms with Crippen molar-refractivity contribution in [2.75, 3.05) is 0 Å². The van der Waals surface area contributed by atoms with Gasteiger partial charge in [0, 0.05) is 18.4 Å². The molecular formula is C13H13N. The molecule has 0 fully saturated rings. The van der Waals surface area contributed by atoms with E-state index >= 15 is 0 Å². The molecular weight excluding hydrogens is 170 g/mol. The van der Waals surface area contributed by atoms with Gasteiger partial charge in [-0.25, -0.2) is 0 Å². The van der Waals surface area contributed by atoms with Crippen LogP contribution in [0.3, 0.4) is 0 Å². The molecule has 14 heavy (non-hydrogen) atoms. The Kier molecular flexibility index (Phi) is 2.50. The van der Waals surface area contributed by atoms with Crippen molar-refractivity contribution in [1.82, 2.24) is 4.90 Å². The summed E-state index contributed by atoms with van der Waals surface area (Å²) in [5.41, 5.74) is 2.34. The van der Waals surface area contributed by atoms with Gasteiger partial charge in [0.2, 0.25) is 0 Å². The van der Waals surface area contributed by atoms with Crippen molar-refractivity contribution < 1.29 is 0 Å². The summed E-state index contributed by atoms with van der Waals surface area (Å²) in [7, 11) is 0. The molecule has 0 atom stereocenters. The van der Waals surface area contributed by atoms with Crippen LogP contribution in [0.2, 0.25) is 0 Å². The van der Waals surface area contributed by atoms with Gasteiger partial charge in [0.05, 0.1) is 0 Å². The molecule has 0 radical (unpaired) electrons. The van der Waals surface area contributed by atoms with Gasteiger partial charge in [-0.05, 0) is 17.7 Å². The number of rotatable bonds is 2. The second kappa shape index (κ2) is 3.97. The van der Waals surface area contributed by atoms with E-state index in [-0.39, 0.29) is 0 Å². The van der Waals surface area contributed by atoms with Gasteiger partial charge in [-0.3, -0.25) is 0 Å². The molecule has 1 aromatic rings. The molecule has 0 saturated carbocycles. The molecule has 1 heterocycles. The van der Waals surface area contributed by atoms with Crippen LogP contribution in [0.25, 0.3) is 0 Å². The maximum atomic E-state index is 3.98. The van der Waals surface area contributed by atoms with Crippen LogP contribution in [0.15, 0.2) is 67.0 Å². The van der Waals surface area contributed by atoms with Crippen LogP contribution in [0.4, 0.5) is 0 Å². The van der Waals surface area contributed by atoms with E-state index in [2.05, 4.69) is 41.9 Å². The van der Waals surface area contributed by atoms with Crippen LogP contribution < -0.4 is 0 Å². The third kappa shape index (κ3) is 1.94. The molecule has 1 aliphatic rings. The summed E-state index contributed by atoms with van der Waals surface area (Å²) in [4.78, 5) is 2.13. The van der Waals surface area contributed by atoms with Gasteiger partial charge < -0.3 is 4.90 Å². The Morgan fingerprint density at radius 1 is 1.07 bits per heavy atom. The predicted octanol–water partition coefficient (Wildman–Crippen LogP) is 3.09. The topological polar surface area (TPSA) is 3.24 Å². The summed E-state index contributed by atoms with van der Waals surface area (Å²) in [6.07, 6.45) is 8.10. The zero-order valence-electron chi connectivity index (χ0n) is 8.06. The zero-order chi connectivity index (χ0) is 9.80. The number of benzene rings is 1. The molecule has 0 bridgehead atoms. The van der Waals surface area contributed by atoms with E-state index in [4.69, 9.17) is 0 Å². The van der Waals surface area contributed by atoms with E-state index in [1.807, 2.05) is 24.3 Å². The van der Waals surface area contributed by atoms with Gasteiger partial charge in [0.25, 0.3) is 0 Å². The first-order chi connectivity index (χ1) is 6.86. The molecule has 0 spiro atoms. The van der Waals surface area contributed by atoms with E-state index in [1.165, 1.54) is 5.56 Å². The number of hydrogen-bond acceptors (Lipinski definition) is 1. The molecule has 0 saturated heterocycles. The van der Waals surface area contributed by atoms with Crippen LogP contribution in [-0.2, 0) is 6.54 Å². The predicted molar refractivity (Wildman–Crippen MR) is 59.4 cm³/mol. The molecule has 1 heteroatoms. The second-order valence-electron chi connectivity index (χ2n) is 3.31. The number of nitrogens with zero attached hydrogens (tertiary/aromatic N) is 1. The van der Waals surface area contributed by atoms with Crippen LogP contribution in [0, 0.1) is 0 Å². The summed E-state index contributed by atoms with van der Waals surface area (Å²) in [6, 6.07) is 10.4. The second-order valence-corrected chi connectivity index (χ2v) is 3.31. The molecule has 1 aliphatic heterocycles. The molecule has 0 amide bonds. The summed E-state index contributed by atoms with van der Waals surface area (Å²) >= 11 is 0. The Morgan fingerprint density at radius 3 is 2.57 bits per heavy atom. The van der Waals surface area contributed by atoms with Crippen LogP contribution >= 0.6 is 0 Å². The fourth-order valence-electron chi connectivity index (χ4n) is 1.45. The first-order valence-electron chi connectivity index (χ1n) is 4.70. The number of hydrogen-bond donors (Lipinski definition) is 0. The summed E-state index contributed by atoms with van der Waals surface area (Å²) in [5.74, 6) is 0. The van der Waals surface area contributed by atoms with E-state index in [9.17, 15) is 0 Å². The minimum absolute atomic E-state index is 0.889. The third-order valence-electron chi connectivity index (χ3n) is 2.23. The summed E-state index contributed by atoms with van der Waals surface area (Å²) in [5, 5.41) is 0. The van der Waals surface area contributed by atoms with Crippen molar-refractivity contribution in [3.05, 3.63) is 72.6 Å². The van der Waals surface area contributed by atoms with E-state index in [0.717, 1.165) is 12.2 Å². The average molecular weight is 183 g/mol. The Balaban J connectivity index is 2.09. The van der Waals surface area contributed by atoms with Crippen LogP contribution in [0.1, 0.15) is 5.56 Å². The normalized spacial score (nSPS) is 14.9. The molecule has 1 nitrogen and oxygen atoms in total. The van der Waals surface area contributed by atoms with Gasteiger partial charge in [0.1, 0.15) is 0 Å². The van der Waals surface area contributed by atoms with Gasteiger partial charge in [-0.15, -0.1) is 0 Å². The molecule has 2 rings (SSSR count). The monoisotopic (exact) mass is 183 g/mol. The van der Waals surface area contributed by atoms with Crippen molar-refractivity contribution in [2.45, 2.75) is 6.54 Å².